The summed E-state index contributed by atoms with van der Waals surface area (Å²) in [6, 6.07) is 4.35. The largest absolute Gasteiger partial charge is 0.444 e. The molecule has 1 saturated heterocycles. The van der Waals surface area contributed by atoms with Crippen molar-refractivity contribution in [2.24, 2.45) is 5.41 Å². The molecule has 0 bridgehead atoms. The van der Waals surface area contributed by atoms with Crippen molar-refractivity contribution in [3.8, 4) is 0 Å². The van der Waals surface area contributed by atoms with E-state index in [0.29, 0.717) is 5.69 Å². The Morgan fingerprint density at radius 2 is 2.00 bits per heavy atom. The molecule has 6 heteroatoms. The number of likely N-dealkylation sites (tertiary alicyclic amines) is 1. The van der Waals surface area contributed by atoms with Crippen LogP contribution in [-0.2, 0) is 11.2 Å². The number of nitrogens with zero attached hydrogens (tertiary/aromatic N) is 3. The predicted octanol–water partition coefficient (Wildman–Crippen LogP) is 2.87. The maximum absolute atomic E-state index is 12.9. The summed E-state index contributed by atoms with van der Waals surface area (Å²) < 4.78 is 5.43. The Hall–Kier alpha value is -2.11. The summed E-state index contributed by atoms with van der Waals surface area (Å²) in [6.45, 7) is 9.25. The van der Waals surface area contributed by atoms with Gasteiger partial charge in [-0.3, -0.25) is 9.78 Å². The van der Waals surface area contributed by atoms with Crippen LogP contribution < -0.4 is 0 Å². The summed E-state index contributed by atoms with van der Waals surface area (Å²) in [7, 11) is 0. The zero-order valence-corrected chi connectivity index (χ0v) is 16.0. The van der Waals surface area contributed by atoms with Crippen molar-refractivity contribution in [1.82, 2.24) is 14.8 Å². The average Bonchev–Trinajstić information content (AvgIpc) is 2.45. The van der Waals surface area contributed by atoms with Gasteiger partial charge in [0, 0.05) is 36.8 Å². The van der Waals surface area contributed by atoms with E-state index >= 15 is 0 Å². The lowest BCUT2D eigenvalue weighted by atomic mass is 9.60. The van der Waals surface area contributed by atoms with Crippen molar-refractivity contribution >= 4 is 12.0 Å². The summed E-state index contributed by atoms with van der Waals surface area (Å²) in [4.78, 5) is 33.1. The minimum Gasteiger partial charge on any atom is -0.444 e. The lowest BCUT2D eigenvalue weighted by Gasteiger charge is -2.61. The fraction of sp³-hybridized carbons (Fsp3) is 0.650. The highest BCUT2D eigenvalue weighted by Gasteiger charge is 2.57. The Morgan fingerprint density at radius 3 is 2.65 bits per heavy atom. The van der Waals surface area contributed by atoms with E-state index in [2.05, 4.69) is 11.9 Å². The van der Waals surface area contributed by atoms with Crippen molar-refractivity contribution in [2.45, 2.75) is 64.6 Å². The van der Waals surface area contributed by atoms with Crippen LogP contribution in [-0.4, -0.2) is 57.6 Å². The number of ether oxygens (including phenoxy) is 1. The lowest BCUT2D eigenvalue weighted by Crippen LogP contribution is -2.69. The minimum atomic E-state index is -0.460. The second-order valence-corrected chi connectivity index (χ2v) is 9.18. The van der Waals surface area contributed by atoms with E-state index in [-0.39, 0.29) is 29.5 Å². The van der Waals surface area contributed by atoms with Crippen LogP contribution in [0.5, 0.6) is 0 Å². The molecule has 3 aliphatic rings. The number of carbonyl (C=O) groups is 2. The standard InChI is InChI=1S/C20H27N3O3/c1-13-8-14-6-5-7-21-16(14)17(24)23(13)15-9-20(10-15)11-22(12-20)18(25)26-19(2,3)4/h5-7,13,15H,8-12H2,1-4H3. The number of fused-ring (bicyclic) bond motifs is 1. The summed E-state index contributed by atoms with van der Waals surface area (Å²) in [6.07, 6.45) is 4.25. The van der Waals surface area contributed by atoms with E-state index < -0.39 is 5.60 Å². The maximum atomic E-state index is 12.9. The van der Waals surface area contributed by atoms with Gasteiger partial charge in [0.25, 0.3) is 5.91 Å². The molecule has 4 rings (SSSR count). The Bertz CT molecular complexity index is 741. The van der Waals surface area contributed by atoms with Crippen LogP contribution in [0.25, 0.3) is 0 Å². The number of carbonyl (C=O) groups excluding carboxylic acids is 2. The molecule has 1 atom stereocenters. The molecule has 1 saturated carbocycles. The highest BCUT2D eigenvalue weighted by molar-refractivity contribution is 5.95. The van der Waals surface area contributed by atoms with E-state index in [1.165, 1.54) is 0 Å². The van der Waals surface area contributed by atoms with Gasteiger partial charge in [0.05, 0.1) is 0 Å². The first-order valence-electron chi connectivity index (χ1n) is 9.42. The molecular weight excluding hydrogens is 330 g/mol. The number of hydrogen-bond acceptors (Lipinski definition) is 4. The van der Waals surface area contributed by atoms with E-state index in [0.717, 1.165) is 37.9 Å². The molecule has 1 unspecified atom stereocenters. The number of aromatic nitrogens is 1. The van der Waals surface area contributed by atoms with E-state index in [9.17, 15) is 9.59 Å². The van der Waals surface area contributed by atoms with Gasteiger partial charge >= 0.3 is 6.09 Å². The van der Waals surface area contributed by atoms with E-state index in [1.54, 1.807) is 11.1 Å². The third-order valence-corrected chi connectivity index (χ3v) is 5.75. The van der Waals surface area contributed by atoms with Crippen LogP contribution in [0, 0.1) is 5.41 Å². The Balaban J connectivity index is 1.36. The van der Waals surface area contributed by atoms with Crippen molar-refractivity contribution in [1.29, 1.82) is 0 Å². The van der Waals surface area contributed by atoms with Crippen molar-refractivity contribution in [2.75, 3.05) is 13.1 Å². The quantitative estimate of drug-likeness (QED) is 0.775. The molecule has 140 valence electrons. The third kappa shape index (κ3) is 2.85. The highest BCUT2D eigenvalue weighted by Crippen LogP contribution is 2.51. The number of hydrogen-bond donors (Lipinski definition) is 0. The molecule has 0 N–H and O–H groups in total. The van der Waals surface area contributed by atoms with Gasteiger partial charge in [-0.2, -0.15) is 0 Å². The first-order valence-corrected chi connectivity index (χ1v) is 9.42. The van der Waals surface area contributed by atoms with Gasteiger partial charge in [0.2, 0.25) is 0 Å². The predicted molar refractivity (Wildman–Crippen MR) is 96.8 cm³/mol. The average molecular weight is 357 g/mol. The molecule has 2 fully saturated rings. The van der Waals surface area contributed by atoms with Crippen molar-refractivity contribution in [3.05, 3.63) is 29.6 Å². The topological polar surface area (TPSA) is 62.7 Å². The van der Waals surface area contributed by atoms with Crippen LogP contribution in [0.1, 0.15) is 56.6 Å². The molecule has 6 nitrogen and oxygen atoms in total. The normalized spacial score (nSPS) is 24.8. The Kier molecular flexibility index (Phi) is 3.79. The third-order valence-electron chi connectivity index (χ3n) is 5.75. The number of rotatable bonds is 1. The smallest absolute Gasteiger partial charge is 0.410 e. The summed E-state index contributed by atoms with van der Waals surface area (Å²) >= 11 is 0. The van der Waals surface area contributed by atoms with Crippen molar-refractivity contribution in [3.63, 3.8) is 0 Å². The summed E-state index contributed by atoms with van der Waals surface area (Å²) in [5, 5.41) is 0. The molecule has 0 radical (unpaired) electrons. The Labute approximate surface area is 154 Å². The van der Waals surface area contributed by atoms with Gasteiger partial charge in [-0.15, -0.1) is 0 Å². The fourth-order valence-corrected chi connectivity index (χ4v) is 4.67. The first kappa shape index (κ1) is 17.3. The van der Waals surface area contributed by atoms with Gasteiger partial charge in [-0.1, -0.05) is 6.07 Å². The number of pyridine rings is 1. The minimum absolute atomic E-state index is 0.0579. The van der Waals surface area contributed by atoms with Gasteiger partial charge < -0.3 is 14.5 Å². The van der Waals surface area contributed by atoms with E-state index in [1.807, 2.05) is 37.8 Å². The van der Waals surface area contributed by atoms with E-state index in [4.69, 9.17) is 4.74 Å². The summed E-state index contributed by atoms with van der Waals surface area (Å²) in [5.41, 5.74) is 1.37. The van der Waals surface area contributed by atoms with Crippen LogP contribution in [0.4, 0.5) is 4.79 Å². The zero-order chi connectivity index (χ0) is 18.7. The molecule has 1 spiro atoms. The molecule has 1 aromatic rings. The highest BCUT2D eigenvalue weighted by atomic mass is 16.6. The first-order chi connectivity index (χ1) is 12.2. The second kappa shape index (κ2) is 5.69. The molecule has 26 heavy (non-hydrogen) atoms. The molecule has 1 aliphatic carbocycles. The molecule has 2 aliphatic heterocycles. The SMILES string of the molecule is CC1Cc2cccnc2C(=O)N1C1CC2(C1)CN(C(=O)OC(C)(C)C)C2. The van der Waals surface area contributed by atoms with Crippen LogP contribution in [0.3, 0.4) is 0 Å². The maximum Gasteiger partial charge on any atom is 0.410 e. The lowest BCUT2D eigenvalue weighted by molar-refractivity contribution is -0.106. The van der Waals surface area contributed by atoms with Crippen LogP contribution in [0.15, 0.2) is 18.3 Å². The Morgan fingerprint density at radius 1 is 1.31 bits per heavy atom. The van der Waals surface area contributed by atoms with Gasteiger partial charge in [-0.05, 0) is 58.6 Å². The molecule has 3 heterocycles. The van der Waals surface area contributed by atoms with Gasteiger partial charge in [0.15, 0.2) is 0 Å². The van der Waals surface area contributed by atoms with Crippen molar-refractivity contribution < 1.29 is 14.3 Å². The monoisotopic (exact) mass is 357 g/mol. The number of amides is 2. The molecule has 0 aromatic carbocycles. The molecule has 1 aromatic heterocycles. The molecular formula is C20H27N3O3. The van der Waals surface area contributed by atoms with Gasteiger partial charge in [0.1, 0.15) is 11.3 Å². The molecule has 2 amide bonds. The zero-order valence-electron chi connectivity index (χ0n) is 16.0. The summed E-state index contributed by atoms with van der Waals surface area (Å²) in [5.74, 6) is 0.0579. The second-order valence-electron chi connectivity index (χ2n) is 9.18. The fourth-order valence-electron chi connectivity index (χ4n) is 4.67. The van der Waals surface area contributed by atoms with Gasteiger partial charge in [-0.25, -0.2) is 4.79 Å². The van der Waals surface area contributed by atoms with Crippen LogP contribution in [0.2, 0.25) is 0 Å². The van der Waals surface area contributed by atoms with Crippen LogP contribution >= 0.6 is 0 Å².